The Hall–Kier alpha value is -4.14. The summed E-state index contributed by atoms with van der Waals surface area (Å²) in [4.78, 5) is 16.1. The second-order valence-electron chi connectivity index (χ2n) is 10.2. The third-order valence-corrected chi connectivity index (χ3v) is 7.15. The molecule has 0 unspecified atom stereocenters. The van der Waals surface area contributed by atoms with Crippen LogP contribution in [-0.2, 0) is 13.2 Å². The zero-order valence-electron chi connectivity index (χ0n) is 31.9. The molecule has 0 atom stereocenters. The van der Waals surface area contributed by atoms with Crippen LogP contribution in [-0.4, -0.2) is 74.3 Å². The molecule has 2 aliphatic rings. The number of nitrogens with zero attached hydrogens (tertiary/aromatic N) is 5. The first-order valence-corrected chi connectivity index (χ1v) is 18.4. The lowest BCUT2D eigenvalue weighted by Crippen LogP contribution is -2.44. The molecule has 8 heteroatoms. The van der Waals surface area contributed by atoms with Gasteiger partial charge in [0.05, 0.1) is 0 Å². The monoisotopic (exact) mass is 673 g/mol. The Kier molecular flexibility index (Phi) is 24.3. The molecule has 2 aliphatic heterocycles. The molecule has 49 heavy (non-hydrogen) atoms. The number of pyridine rings is 2. The van der Waals surface area contributed by atoms with Crippen molar-refractivity contribution in [3.05, 3.63) is 108 Å². The van der Waals surface area contributed by atoms with Crippen molar-refractivity contribution in [1.82, 2.24) is 20.2 Å². The van der Waals surface area contributed by atoms with E-state index in [4.69, 9.17) is 9.47 Å². The first kappa shape index (κ1) is 42.9. The Morgan fingerprint density at radius 2 is 0.878 bits per heavy atom. The highest BCUT2D eigenvalue weighted by Crippen LogP contribution is 2.19. The van der Waals surface area contributed by atoms with Gasteiger partial charge in [-0.25, -0.2) is 0 Å². The van der Waals surface area contributed by atoms with Gasteiger partial charge in [0.1, 0.15) is 24.8 Å². The summed E-state index contributed by atoms with van der Waals surface area (Å²) in [7, 11) is 2.16. The molecule has 4 aromatic rings. The topological polar surface area (TPSA) is 66.0 Å². The lowest BCUT2D eigenvalue weighted by atomic mass is 10.2. The predicted molar refractivity (Wildman–Crippen MR) is 210 cm³/mol. The lowest BCUT2D eigenvalue weighted by molar-refractivity contribution is 0.291. The van der Waals surface area contributed by atoms with Crippen LogP contribution in [0.25, 0.3) is 0 Å². The van der Waals surface area contributed by atoms with Gasteiger partial charge < -0.3 is 29.5 Å². The molecule has 2 saturated heterocycles. The second-order valence-corrected chi connectivity index (χ2v) is 10.2. The van der Waals surface area contributed by atoms with Gasteiger partial charge in [-0.05, 0) is 30.3 Å². The maximum Gasteiger partial charge on any atom is 0.215 e. The fourth-order valence-corrected chi connectivity index (χ4v) is 4.71. The number of hydrogen-bond acceptors (Lipinski definition) is 8. The van der Waals surface area contributed by atoms with Crippen LogP contribution < -0.4 is 24.6 Å². The average Bonchev–Trinajstić information content (AvgIpc) is 3.21. The van der Waals surface area contributed by atoms with Gasteiger partial charge in [0.2, 0.25) is 11.8 Å². The molecule has 2 fully saturated rings. The van der Waals surface area contributed by atoms with Crippen molar-refractivity contribution in [2.45, 2.75) is 68.6 Å². The van der Waals surface area contributed by atoms with E-state index in [-0.39, 0.29) is 0 Å². The van der Waals surface area contributed by atoms with Crippen LogP contribution in [0.1, 0.15) is 66.5 Å². The highest BCUT2D eigenvalue weighted by Gasteiger charge is 2.16. The zero-order chi connectivity index (χ0) is 36.1. The highest BCUT2D eigenvalue weighted by atomic mass is 16.5. The lowest BCUT2D eigenvalue weighted by Gasteiger charge is -2.33. The van der Waals surface area contributed by atoms with Crippen LogP contribution in [0.3, 0.4) is 0 Å². The van der Waals surface area contributed by atoms with Crippen LogP contribution in [0, 0.1) is 0 Å². The summed E-state index contributed by atoms with van der Waals surface area (Å²) in [6.07, 6.45) is 0. The van der Waals surface area contributed by atoms with Crippen LogP contribution in [0.5, 0.6) is 11.8 Å². The van der Waals surface area contributed by atoms with Gasteiger partial charge in [-0.15, -0.1) is 0 Å². The molecule has 0 saturated carbocycles. The summed E-state index contributed by atoms with van der Waals surface area (Å²) >= 11 is 0. The second kappa shape index (κ2) is 27.8. The van der Waals surface area contributed by atoms with Gasteiger partial charge in [0.15, 0.2) is 0 Å². The van der Waals surface area contributed by atoms with E-state index in [1.807, 2.05) is 122 Å². The zero-order valence-corrected chi connectivity index (χ0v) is 31.9. The molecule has 4 heterocycles. The van der Waals surface area contributed by atoms with E-state index in [2.05, 4.69) is 67.4 Å². The van der Waals surface area contributed by atoms with Gasteiger partial charge in [-0.2, -0.15) is 9.97 Å². The quantitative estimate of drug-likeness (QED) is 0.200. The first-order valence-electron chi connectivity index (χ1n) is 18.4. The largest absolute Gasteiger partial charge is 0.473 e. The summed E-state index contributed by atoms with van der Waals surface area (Å²) in [5.74, 6) is 3.38. The first-order chi connectivity index (χ1) is 24.2. The van der Waals surface area contributed by atoms with E-state index >= 15 is 0 Å². The van der Waals surface area contributed by atoms with Gasteiger partial charge in [-0.1, -0.05) is 128 Å². The van der Waals surface area contributed by atoms with Crippen molar-refractivity contribution in [3.8, 4) is 11.8 Å². The number of likely N-dealkylation sites (N-methyl/N-ethyl adjacent to an activating group) is 1. The van der Waals surface area contributed by atoms with Crippen molar-refractivity contribution < 1.29 is 9.47 Å². The number of anilines is 2. The maximum absolute atomic E-state index is 5.80. The van der Waals surface area contributed by atoms with Gasteiger partial charge in [0.25, 0.3) is 0 Å². The SMILES string of the molecule is CC.CC.CC.CC.CN1CCN(c2cccc(OCc3ccccc3)n2)CC1.c1ccc(COc2cccc(N3CCNCC3)n2)cc1. The molecule has 2 aromatic carbocycles. The van der Waals surface area contributed by atoms with Crippen LogP contribution >= 0.6 is 0 Å². The maximum atomic E-state index is 5.80. The van der Waals surface area contributed by atoms with E-state index < -0.39 is 0 Å². The van der Waals surface area contributed by atoms with E-state index in [1.165, 1.54) is 0 Å². The normalized spacial score (nSPS) is 13.5. The van der Waals surface area contributed by atoms with Crippen LogP contribution in [0.15, 0.2) is 97.1 Å². The third kappa shape index (κ3) is 16.7. The van der Waals surface area contributed by atoms with E-state index in [0.29, 0.717) is 25.0 Å². The summed E-state index contributed by atoms with van der Waals surface area (Å²) in [6.45, 7) is 25.3. The minimum Gasteiger partial charge on any atom is -0.473 e. The van der Waals surface area contributed by atoms with E-state index in [9.17, 15) is 0 Å². The van der Waals surface area contributed by atoms with Crippen molar-refractivity contribution >= 4 is 11.6 Å². The minimum absolute atomic E-state index is 0.554. The van der Waals surface area contributed by atoms with Crippen LogP contribution in [0.2, 0.25) is 0 Å². The number of piperazine rings is 2. The van der Waals surface area contributed by atoms with E-state index in [1.54, 1.807) is 0 Å². The Balaban J connectivity index is 0.000000408. The number of rotatable bonds is 8. The molecule has 0 amide bonds. The van der Waals surface area contributed by atoms with Crippen LogP contribution in [0.4, 0.5) is 11.6 Å². The molecule has 0 spiro atoms. The molecule has 6 rings (SSSR count). The molecule has 0 aliphatic carbocycles. The number of aromatic nitrogens is 2. The van der Waals surface area contributed by atoms with Crippen molar-refractivity contribution in [2.75, 3.05) is 69.2 Å². The number of benzene rings is 2. The van der Waals surface area contributed by atoms with Gasteiger partial charge in [-0.3, -0.25) is 0 Å². The van der Waals surface area contributed by atoms with E-state index in [0.717, 1.165) is 75.1 Å². The Bertz CT molecular complexity index is 1310. The van der Waals surface area contributed by atoms with Crippen molar-refractivity contribution in [3.63, 3.8) is 0 Å². The smallest absolute Gasteiger partial charge is 0.215 e. The standard InChI is InChI=1S/C17H21N3O.C16H19N3O.4C2H6/c1-19-10-12-20(13-11-19)16-8-5-9-17(18-16)21-14-15-6-3-2-4-7-15;1-2-5-14(6-3-1)13-20-16-8-4-7-15(18-16)19-11-9-17-10-12-19;4*1-2/h2-9H,10-14H2,1H3;1-8,17H,9-13H2;4*1-2H3. The molecule has 0 radical (unpaired) electrons. The highest BCUT2D eigenvalue weighted by molar-refractivity contribution is 5.42. The number of ether oxygens (including phenoxy) is 2. The average molecular weight is 673 g/mol. The fourth-order valence-electron chi connectivity index (χ4n) is 4.71. The summed E-state index contributed by atoms with van der Waals surface area (Å²) in [6, 6.07) is 32.3. The van der Waals surface area contributed by atoms with Gasteiger partial charge in [0, 0.05) is 64.5 Å². The number of nitrogens with one attached hydrogen (secondary N) is 1. The molecule has 0 bridgehead atoms. The third-order valence-electron chi connectivity index (χ3n) is 7.15. The number of hydrogen-bond donors (Lipinski definition) is 1. The van der Waals surface area contributed by atoms with Crippen molar-refractivity contribution in [2.24, 2.45) is 0 Å². The van der Waals surface area contributed by atoms with Crippen molar-refractivity contribution in [1.29, 1.82) is 0 Å². The Morgan fingerprint density at radius 3 is 1.29 bits per heavy atom. The molecular weight excluding hydrogens is 608 g/mol. The molecule has 1 N–H and O–H groups in total. The molecule has 2 aromatic heterocycles. The summed E-state index contributed by atoms with van der Waals surface area (Å²) in [5.41, 5.74) is 2.31. The molecular formula is C41H64N6O2. The predicted octanol–water partition coefficient (Wildman–Crippen LogP) is 8.59. The summed E-state index contributed by atoms with van der Waals surface area (Å²) in [5, 5.41) is 3.35. The minimum atomic E-state index is 0.554. The summed E-state index contributed by atoms with van der Waals surface area (Å²) < 4.78 is 11.6. The molecule has 8 nitrogen and oxygen atoms in total. The fraction of sp³-hybridized carbons (Fsp3) is 0.463. The van der Waals surface area contributed by atoms with Gasteiger partial charge >= 0.3 is 0 Å². The Morgan fingerprint density at radius 1 is 0.490 bits per heavy atom. The molecule has 270 valence electrons. The Labute approximate surface area is 298 Å².